The molecule has 5 heterocycles. The highest BCUT2D eigenvalue weighted by Crippen LogP contribution is 2.42. The van der Waals surface area contributed by atoms with E-state index in [1.165, 1.54) is 32.4 Å². The first kappa shape index (κ1) is 18.3. The molecule has 1 spiro atoms. The molecule has 8 nitrogen and oxygen atoms in total. The smallest absolute Gasteiger partial charge is 0.165 e. The predicted molar refractivity (Wildman–Crippen MR) is 112 cm³/mol. The highest BCUT2D eigenvalue weighted by Gasteiger charge is 2.40. The number of aryl methyl sites for hydroxylation is 1. The number of H-pyrrole nitrogens is 1. The Bertz CT molecular complexity index is 1040. The molecule has 2 fully saturated rings. The third kappa shape index (κ3) is 3.11. The Morgan fingerprint density at radius 3 is 2.55 bits per heavy atom. The molecule has 8 heteroatoms. The van der Waals surface area contributed by atoms with Crippen LogP contribution in [0.15, 0.2) is 18.6 Å². The Kier molecular flexibility index (Phi) is 4.38. The summed E-state index contributed by atoms with van der Waals surface area (Å²) in [6.07, 6.45) is 9.07. The third-order valence-electron chi connectivity index (χ3n) is 6.60. The Labute approximate surface area is 170 Å². The number of likely N-dealkylation sites (tertiary alicyclic amines) is 1. The second-order valence-corrected chi connectivity index (χ2v) is 8.47. The standard InChI is InChI=1S/C21H27N7O/c1-14-15(10-23-26-14)19-24-16-11-22-12-17(29-3)18(16)20(25-19)28-8-5-21(6-9-28)4-7-27(2)13-21/h10-12H,4-9,13H2,1-3H3,(H,23,26). The number of anilines is 1. The molecular weight excluding hydrogens is 366 g/mol. The van der Waals surface area contributed by atoms with Crippen LogP contribution in [0.25, 0.3) is 22.3 Å². The van der Waals surface area contributed by atoms with Gasteiger partial charge in [-0.1, -0.05) is 0 Å². The molecule has 0 atom stereocenters. The molecule has 0 aromatic carbocycles. The van der Waals surface area contributed by atoms with Gasteiger partial charge in [-0.25, -0.2) is 9.97 Å². The first-order valence-corrected chi connectivity index (χ1v) is 10.2. The van der Waals surface area contributed by atoms with Crippen LogP contribution in [-0.4, -0.2) is 70.4 Å². The fraction of sp³-hybridized carbons (Fsp3) is 0.524. The quantitative estimate of drug-likeness (QED) is 0.732. The molecule has 0 amide bonds. The number of hydrogen-bond donors (Lipinski definition) is 1. The number of nitrogens with one attached hydrogen (secondary N) is 1. The van der Waals surface area contributed by atoms with Crippen LogP contribution in [0, 0.1) is 12.3 Å². The highest BCUT2D eigenvalue weighted by molar-refractivity contribution is 5.95. The summed E-state index contributed by atoms with van der Waals surface area (Å²) in [5.41, 5.74) is 3.06. The van der Waals surface area contributed by atoms with Crippen LogP contribution in [0.4, 0.5) is 5.82 Å². The third-order valence-corrected chi connectivity index (χ3v) is 6.60. The lowest BCUT2D eigenvalue weighted by atomic mass is 9.78. The number of aromatic nitrogens is 5. The number of hydrogen-bond acceptors (Lipinski definition) is 7. The minimum Gasteiger partial charge on any atom is -0.494 e. The van der Waals surface area contributed by atoms with Gasteiger partial charge in [0.2, 0.25) is 0 Å². The fourth-order valence-corrected chi connectivity index (χ4v) is 4.88. The van der Waals surface area contributed by atoms with Gasteiger partial charge in [0.15, 0.2) is 5.82 Å². The zero-order chi connectivity index (χ0) is 20.0. The van der Waals surface area contributed by atoms with Crippen molar-refractivity contribution in [2.75, 3.05) is 45.2 Å². The second-order valence-electron chi connectivity index (χ2n) is 8.47. The number of piperidine rings is 1. The number of aromatic amines is 1. The maximum absolute atomic E-state index is 5.63. The summed E-state index contributed by atoms with van der Waals surface area (Å²) < 4.78 is 5.63. The largest absolute Gasteiger partial charge is 0.494 e. The van der Waals surface area contributed by atoms with Crippen LogP contribution in [-0.2, 0) is 0 Å². The van der Waals surface area contributed by atoms with Gasteiger partial charge >= 0.3 is 0 Å². The van der Waals surface area contributed by atoms with E-state index in [0.29, 0.717) is 17.0 Å². The van der Waals surface area contributed by atoms with Gasteiger partial charge in [-0.3, -0.25) is 10.1 Å². The molecular formula is C21H27N7O. The van der Waals surface area contributed by atoms with E-state index in [1.807, 2.05) is 13.1 Å². The second kappa shape index (κ2) is 6.95. The van der Waals surface area contributed by atoms with E-state index in [4.69, 9.17) is 14.7 Å². The molecule has 2 aliphatic heterocycles. The van der Waals surface area contributed by atoms with Gasteiger partial charge in [0.1, 0.15) is 11.6 Å². The van der Waals surface area contributed by atoms with Crippen LogP contribution in [0.3, 0.4) is 0 Å². The van der Waals surface area contributed by atoms with Crippen molar-refractivity contribution in [1.29, 1.82) is 0 Å². The van der Waals surface area contributed by atoms with Crippen LogP contribution >= 0.6 is 0 Å². The first-order chi connectivity index (χ1) is 14.1. The molecule has 152 valence electrons. The highest BCUT2D eigenvalue weighted by atomic mass is 16.5. The van der Waals surface area contributed by atoms with Crippen LogP contribution in [0.1, 0.15) is 25.0 Å². The molecule has 1 N–H and O–H groups in total. The molecule has 2 aliphatic rings. The van der Waals surface area contributed by atoms with E-state index in [1.54, 1.807) is 19.5 Å². The molecule has 3 aromatic rings. The minimum atomic E-state index is 0.462. The number of methoxy groups -OCH3 is 1. The zero-order valence-electron chi connectivity index (χ0n) is 17.3. The molecule has 29 heavy (non-hydrogen) atoms. The Hall–Kier alpha value is -2.74. The van der Waals surface area contributed by atoms with Crippen molar-refractivity contribution in [3.05, 3.63) is 24.3 Å². The van der Waals surface area contributed by atoms with Crippen LogP contribution in [0.5, 0.6) is 5.75 Å². The molecule has 5 rings (SSSR count). The summed E-state index contributed by atoms with van der Waals surface area (Å²) >= 11 is 0. The normalized spacial score (nSPS) is 19.3. The molecule has 3 aromatic heterocycles. The number of nitrogens with zero attached hydrogens (tertiary/aromatic N) is 6. The summed E-state index contributed by atoms with van der Waals surface area (Å²) in [5, 5.41) is 8.09. The van der Waals surface area contributed by atoms with Crippen LogP contribution in [0.2, 0.25) is 0 Å². The van der Waals surface area contributed by atoms with E-state index in [-0.39, 0.29) is 0 Å². The molecule has 0 unspecified atom stereocenters. The first-order valence-electron chi connectivity index (χ1n) is 10.2. The van der Waals surface area contributed by atoms with Gasteiger partial charge in [0.05, 0.1) is 41.7 Å². The van der Waals surface area contributed by atoms with E-state index in [2.05, 4.69) is 32.0 Å². The zero-order valence-corrected chi connectivity index (χ0v) is 17.3. The van der Waals surface area contributed by atoms with E-state index in [9.17, 15) is 0 Å². The predicted octanol–water partition coefficient (Wildman–Crippen LogP) is 2.65. The van der Waals surface area contributed by atoms with E-state index < -0.39 is 0 Å². The van der Waals surface area contributed by atoms with Gasteiger partial charge < -0.3 is 14.5 Å². The van der Waals surface area contributed by atoms with Gasteiger partial charge in [-0.15, -0.1) is 0 Å². The topological polar surface area (TPSA) is 83.1 Å². The van der Waals surface area contributed by atoms with E-state index in [0.717, 1.165) is 41.1 Å². The van der Waals surface area contributed by atoms with Crippen molar-refractivity contribution < 1.29 is 4.74 Å². The summed E-state index contributed by atoms with van der Waals surface area (Å²) in [5.74, 6) is 2.33. The van der Waals surface area contributed by atoms with Gasteiger partial charge in [0.25, 0.3) is 0 Å². The van der Waals surface area contributed by atoms with Crippen molar-refractivity contribution in [3.63, 3.8) is 0 Å². The SMILES string of the molecule is COc1cncc2nc(-c3c[nH]nc3C)nc(N3CCC4(CCN(C)C4)CC3)c12. The lowest BCUT2D eigenvalue weighted by Crippen LogP contribution is -2.41. The Morgan fingerprint density at radius 2 is 1.90 bits per heavy atom. The lowest BCUT2D eigenvalue weighted by Gasteiger charge is -2.40. The van der Waals surface area contributed by atoms with E-state index >= 15 is 0 Å². The molecule has 0 aliphatic carbocycles. The van der Waals surface area contributed by atoms with Crippen molar-refractivity contribution in [2.24, 2.45) is 5.41 Å². The number of ether oxygens (including phenoxy) is 1. The average Bonchev–Trinajstić information content (AvgIpc) is 3.33. The maximum Gasteiger partial charge on any atom is 0.165 e. The van der Waals surface area contributed by atoms with Crippen LogP contribution < -0.4 is 9.64 Å². The summed E-state index contributed by atoms with van der Waals surface area (Å²) in [6, 6.07) is 0. The van der Waals surface area contributed by atoms with Crippen molar-refractivity contribution in [2.45, 2.75) is 26.2 Å². The molecule has 0 bridgehead atoms. The van der Waals surface area contributed by atoms with Crippen molar-refractivity contribution in [3.8, 4) is 17.1 Å². The molecule has 0 radical (unpaired) electrons. The summed E-state index contributed by atoms with van der Waals surface area (Å²) in [7, 11) is 3.91. The molecule has 0 saturated carbocycles. The fourth-order valence-electron chi connectivity index (χ4n) is 4.88. The number of rotatable bonds is 3. The van der Waals surface area contributed by atoms with Gasteiger partial charge in [0, 0.05) is 25.8 Å². The van der Waals surface area contributed by atoms with Gasteiger partial charge in [-0.2, -0.15) is 5.10 Å². The summed E-state index contributed by atoms with van der Waals surface area (Å²) in [6.45, 7) is 6.37. The Morgan fingerprint density at radius 1 is 1.10 bits per heavy atom. The van der Waals surface area contributed by atoms with Crippen molar-refractivity contribution in [1.82, 2.24) is 30.0 Å². The average molecular weight is 393 g/mol. The monoisotopic (exact) mass is 393 g/mol. The van der Waals surface area contributed by atoms with Crippen molar-refractivity contribution >= 4 is 16.7 Å². The number of fused-ring (bicyclic) bond motifs is 1. The Balaban J connectivity index is 1.57. The molecule has 2 saturated heterocycles. The lowest BCUT2D eigenvalue weighted by molar-refractivity contribution is 0.222. The number of pyridine rings is 1. The summed E-state index contributed by atoms with van der Waals surface area (Å²) in [4.78, 5) is 19.0. The van der Waals surface area contributed by atoms with Gasteiger partial charge in [-0.05, 0) is 45.2 Å². The minimum absolute atomic E-state index is 0.462. The maximum atomic E-state index is 5.63.